The highest BCUT2D eigenvalue weighted by Gasteiger charge is 2.33. The van der Waals surface area contributed by atoms with Crippen LogP contribution in [-0.2, 0) is 6.18 Å². The molecule has 0 saturated carbocycles. The van der Waals surface area contributed by atoms with Gasteiger partial charge in [0.1, 0.15) is 11.5 Å². The van der Waals surface area contributed by atoms with Gasteiger partial charge in [-0.2, -0.15) is 13.2 Å². The van der Waals surface area contributed by atoms with Crippen molar-refractivity contribution < 1.29 is 18.0 Å². The zero-order valence-electron chi connectivity index (χ0n) is 14.5. The van der Waals surface area contributed by atoms with Gasteiger partial charge in [-0.1, -0.05) is 12.1 Å². The predicted molar refractivity (Wildman–Crippen MR) is 92.3 cm³/mol. The number of aromatic nitrogens is 2. The minimum absolute atomic E-state index is 0.101. The van der Waals surface area contributed by atoms with Gasteiger partial charge in [0.15, 0.2) is 0 Å². The summed E-state index contributed by atoms with van der Waals surface area (Å²) >= 11 is 0. The van der Waals surface area contributed by atoms with Crippen molar-refractivity contribution >= 4 is 17.4 Å². The summed E-state index contributed by atoms with van der Waals surface area (Å²) in [6.45, 7) is 1.34. The number of carbonyl (C=O) groups is 1. The molecule has 0 radical (unpaired) electrons. The molecule has 2 aromatic rings. The quantitative estimate of drug-likeness (QED) is 0.737. The standard InChI is InChI=1S/C17H20F3N5O/c1-25(2)9-5-8-21-16(26)14-10-23-15(11-22-14)24-13-7-4-3-6-12(13)17(18,19)20/h3-4,6-7,10-11H,5,8-9H2,1-2H3,(H,21,26)(H,23,24). The molecule has 26 heavy (non-hydrogen) atoms. The van der Waals surface area contributed by atoms with Crippen molar-refractivity contribution in [3.05, 3.63) is 47.9 Å². The summed E-state index contributed by atoms with van der Waals surface area (Å²) in [6.07, 6.45) is -1.24. The summed E-state index contributed by atoms with van der Waals surface area (Å²) in [5.74, 6) is -0.260. The predicted octanol–water partition coefficient (Wildman–Crippen LogP) is 2.92. The summed E-state index contributed by atoms with van der Waals surface area (Å²) in [4.78, 5) is 21.9. The number of hydrogen-bond donors (Lipinski definition) is 2. The topological polar surface area (TPSA) is 70.2 Å². The Balaban J connectivity index is 1.99. The van der Waals surface area contributed by atoms with E-state index in [4.69, 9.17) is 0 Å². The van der Waals surface area contributed by atoms with Crippen molar-refractivity contribution in [2.45, 2.75) is 12.6 Å². The third kappa shape index (κ3) is 5.69. The largest absolute Gasteiger partial charge is 0.418 e. The van der Waals surface area contributed by atoms with Crippen molar-refractivity contribution in [3.8, 4) is 0 Å². The van der Waals surface area contributed by atoms with E-state index in [1.807, 2.05) is 19.0 Å². The van der Waals surface area contributed by atoms with Gasteiger partial charge < -0.3 is 15.5 Å². The Bertz CT molecular complexity index is 732. The maximum absolute atomic E-state index is 13.0. The molecule has 1 amide bonds. The molecule has 0 bridgehead atoms. The number of alkyl halides is 3. The molecule has 0 spiro atoms. The van der Waals surface area contributed by atoms with E-state index < -0.39 is 11.7 Å². The summed E-state index contributed by atoms with van der Waals surface area (Å²) in [7, 11) is 3.88. The van der Waals surface area contributed by atoms with Crippen LogP contribution in [0.25, 0.3) is 0 Å². The summed E-state index contributed by atoms with van der Waals surface area (Å²) in [5, 5.41) is 5.29. The van der Waals surface area contributed by atoms with Gasteiger partial charge in [-0.3, -0.25) is 4.79 Å². The van der Waals surface area contributed by atoms with Crippen molar-refractivity contribution in [3.63, 3.8) is 0 Å². The maximum Gasteiger partial charge on any atom is 0.418 e. The molecule has 0 saturated heterocycles. The molecule has 1 aromatic carbocycles. The van der Waals surface area contributed by atoms with Crippen LogP contribution in [0.1, 0.15) is 22.5 Å². The Hall–Kier alpha value is -2.68. The van der Waals surface area contributed by atoms with Gasteiger partial charge in [-0.15, -0.1) is 0 Å². The van der Waals surface area contributed by atoms with Crippen LogP contribution in [0.2, 0.25) is 0 Å². The summed E-state index contributed by atoms with van der Waals surface area (Å²) in [6, 6.07) is 5.07. The van der Waals surface area contributed by atoms with Crippen LogP contribution in [0.4, 0.5) is 24.7 Å². The van der Waals surface area contributed by atoms with Crippen LogP contribution >= 0.6 is 0 Å². The van der Waals surface area contributed by atoms with E-state index in [-0.39, 0.29) is 23.1 Å². The minimum Gasteiger partial charge on any atom is -0.351 e. The van der Waals surface area contributed by atoms with Crippen LogP contribution in [0, 0.1) is 0 Å². The Morgan fingerprint density at radius 1 is 1.15 bits per heavy atom. The number of halogens is 3. The van der Waals surface area contributed by atoms with Gasteiger partial charge in [-0.25, -0.2) is 9.97 Å². The lowest BCUT2D eigenvalue weighted by molar-refractivity contribution is -0.136. The number of amides is 1. The fourth-order valence-electron chi connectivity index (χ4n) is 2.17. The third-order valence-corrected chi connectivity index (χ3v) is 3.45. The second-order valence-electron chi connectivity index (χ2n) is 5.87. The smallest absolute Gasteiger partial charge is 0.351 e. The fourth-order valence-corrected chi connectivity index (χ4v) is 2.17. The molecule has 0 atom stereocenters. The molecule has 2 N–H and O–H groups in total. The van der Waals surface area contributed by atoms with E-state index in [1.165, 1.54) is 30.6 Å². The molecule has 2 rings (SSSR count). The van der Waals surface area contributed by atoms with Crippen LogP contribution in [-0.4, -0.2) is 48.0 Å². The summed E-state index contributed by atoms with van der Waals surface area (Å²) in [5.41, 5.74) is -0.829. The van der Waals surface area contributed by atoms with Crippen molar-refractivity contribution in [1.82, 2.24) is 20.2 Å². The van der Waals surface area contributed by atoms with Gasteiger partial charge in [0.25, 0.3) is 5.91 Å². The lowest BCUT2D eigenvalue weighted by Gasteiger charge is -2.13. The zero-order chi connectivity index (χ0) is 19.2. The number of para-hydroxylation sites is 1. The van der Waals surface area contributed by atoms with Gasteiger partial charge in [0.05, 0.1) is 23.6 Å². The molecule has 6 nitrogen and oxygen atoms in total. The van der Waals surface area contributed by atoms with Gasteiger partial charge in [0.2, 0.25) is 0 Å². The first-order valence-corrected chi connectivity index (χ1v) is 7.95. The van der Waals surface area contributed by atoms with E-state index in [0.717, 1.165) is 19.0 Å². The van der Waals surface area contributed by atoms with Crippen molar-refractivity contribution in [2.24, 2.45) is 0 Å². The number of nitrogens with one attached hydrogen (secondary N) is 2. The number of nitrogens with zero attached hydrogens (tertiary/aromatic N) is 3. The Morgan fingerprint density at radius 3 is 2.50 bits per heavy atom. The Labute approximate surface area is 149 Å². The molecule has 0 aliphatic carbocycles. The van der Waals surface area contributed by atoms with E-state index in [2.05, 4.69) is 20.6 Å². The molecule has 1 heterocycles. The monoisotopic (exact) mass is 367 g/mol. The first kappa shape index (κ1) is 19.6. The summed E-state index contributed by atoms with van der Waals surface area (Å²) < 4.78 is 39.0. The molecule has 0 unspecified atom stereocenters. The fraction of sp³-hybridized carbons (Fsp3) is 0.353. The van der Waals surface area contributed by atoms with Crippen molar-refractivity contribution in [1.29, 1.82) is 0 Å². The van der Waals surface area contributed by atoms with Gasteiger partial charge in [0, 0.05) is 6.54 Å². The molecule has 0 aliphatic rings. The van der Waals surface area contributed by atoms with E-state index in [1.54, 1.807) is 0 Å². The van der Waals surface area contributed by atoms with Crippen molar-refractivity contribution in [2.75, 3.05) is 32.5 Å². The Morgan fingerprint density at radius 2 is 1.88 bits per heavy atom. The molecular formula is C17H20F3N5O. The number of hydrogen-bond acceptors (Lipinski definition) is 5. The molecule has 1 aromatic heterocycles. The van der Waals surface area contributed by atoms with Crippen LogP contribution in [0.3, 0.4) is 0 Å². The Kier molecular flexibility index (Phi) is 6.51. The molecule has 0 aliphatic heterocycles. The normalized spacial score (nSPS) is 11.5. The highest BCUT2D eigenvalue weighted by atomic mass is 19.4. The number of rotatable bonds is 7. The van der Waals surface area contributed by atoms with E-state index in [0.29, 0.717) is 6.54 Å². The lowest BCUT2D eigenvalue weighted by atomic mass is 10.1. The molecule has 9 heteroatoms. The van der Waals surface area contributed by atoms with Crippen LogP contribution < -0.4 is 10.6 Å². The SMILES string of the molecule is CN(C)CCCNC(=O)c1cnc(Nc2ccccc2C(F)(F)F)cn1. The van der Waals surface area contributed by atoms with E-state index >= 15 is 0 Å². The lowest BCUT2D eigenvalue weighted by Crippen LogP contribution is -2.27. The second-order valence-corrected chi connectivity index (χ2v) is 5.87. The van der Waals surface area contributed by atoms with Crippen LogP contribution in [0.5, 0.6) is 0 Å². The van der Waals surface area contributed by atoms with Gasteiger partial charge >= 0.3 is 6.18 Å². The maximum atomic E-state index is 13.0. The first-order valence-electron chi connectivity index (χ1n) is 7.95. The first-order chi connectivity index (χ1) is 12.3. The minimum atomic E-state index is -4.48. The number of anilines is 2. The third-order valence-electron chi connectivity index (χ3n) is 3.45. The molecular weight excluding hydrogens is 347 g/mol. The zero-order valence-corrected chi connectivity index (χ0v) is 14.5. The van der Waals surface area contributed by atoms with Crippen LogP contribution in [0.15, 0.2) is 36.7 Å². The van der Waals surface area contributed by atoms with Gasteiger partial charge in [-0.05, 0) is 39.2 Å². The highest BCUT2D eigenvalue weighted by molar-refractivity contribution is 5.92. The molecule has 140 valence electrons. The molecule has 0 fully saturated rings. The average molecular weight is 367 g/mol. The number of carbonyl (C=O) groups excluding carboxylic acids is 1. The van der Waals surface area contributed by atoms with E-state index in [9.17, 15) is 18.0 Å². The number of benzene rings is 1. The second kappa shape index (κ2) is 8.61. The average Bonchev–Trinajstić information content (AvgIpc) is 2.58. The highest BCUT2D eigenvalue weighted by Crippen LogP contribution is 2.35.